The molecule has 3 heterocycles. The summed E-state index contributed by atoms with van der Waals surface area (Å²) < 4.78 is 0. The van der Waals surface area contributed by atoms with Crippen molar-refractivity contribution in [1.29, 1.82) is 0 Å². The third kappa shape index (κ3) is 3.52. The van der Waals surface area contributed by atoms with Gasteiger partial charge >= 0.3 is 0 Å². The Morgan fingerprint density at radius 3 is 2.05 bits per heavy atom. The normalized spacial score (nSPS) is 20.2. The van der Waals surface area contributed by atoms with Crippen LogP contribution in [0.3, 0.4) is 0 Å². The zero-order valence-corrected chi connectivity index (χ0v) is 12.6. The van der Waals surface area contributed by atoms with Crippen LogP contribution in [0.4, 0.5) is 5.82 Å². The Bertz CT molecular complexity index is 460. The van der Waals surface area contributed by atoms with Gasteiger partial charge in [0.2, 0.25) is 0 Å². The third-order valence-electron chi connectivity index (χ3n) is 4.43. The monoisotopic (exact) mass is 288 g/mol. The first-order valence-corrected chi connectivity index (χ1v) is 8.21. The van der Waals surface area contributed by atoms with Crippen LogP contribution in [0, 0.1) is 0 Å². The SMILES string of the molecule is O=C(c1cnc(N2CCCCC2)cn1)N1CCCCCC1. The van der Waals surface area contributed by atoms with Crippen molar-refractivity contribution in [3.05, 3.63) is 18.1 Å². The van der Waals surface area contributed by atoms with Gasteiger partial charge < -0.3 is 9.80 Å². The van der Waals surface area contributed by atoms with Gasteiger partial charge in [-0.3, -0.25) is 4.79 Å². The van der Waals surface area contributed by atoms with Gasteiger partial charge in [0, 0.05) is 26.2 Å². The van der Waals surface area contributed by atoms with Crippen molar-refractivity contribution in [3.8, 4) is 0 Å². The van der Waals surface area contributed by atoms with Crippen molar-refractivity contribution in [1.82, 2.24) is 14.9 Å². The molecule has 0 bridgehead atoms. The molecule has 0 aliphatic carbocycles. The van der Waals surface area contributed by atoms with Gasteiger partial charge in [-0.05, 0) is 32.1 Å². The lowest BCUT2D eigenvalue weighted by Gasteiger charge is -2.27. The van der Waals surface area contributed by atoms with Crippen LogP contribution < -0.4 is 4.90 Å². The zero-order valence-electron chi connectivity index (χ0n) is 12.6. The minimum absolute atomic E-state index is 0.0367. The van der Waals surface area contributed by atoms with Gasteiger partial charge in [0.25, 0.3) is 5.91 Å². The van der Waals surface area contributed by atoms with E-state index in [2.05, 4.69) is 14.9 Å². The highest BCUT2D eigenvalue weighted by Crippen LogP contribution is 2.17. The number of carbonyl (C=O) groups excluding carboxylic acids is 1. The second kappa shape index (κ2) is 6.87. The van der Waals surface area contributed by atoms with Gasteiger partial charge in [0.15, 0.2) is 0 Å². The van der Waals surface area contributed by atoms with E-state index >= 15 is 0 Å². The number of aromatic nitrogens is 2. The summed E-state index contributed by atoms with van der Waals surface area (Å²) >= 11 is 0. The average molecular weight is 288 g/mol. The topological polar surface area (TPSA) is 49.3 Å². The van der Waals surface area contributed by atoms with Crippen LogP contribution >= 0.6 is 0 Å². The second-order valence-corrected chi connectivity index (χ2v) is 6.01. The van der Waals surface area contributed by atoms with Gasteiger partial charge in [-0.2, -0.15) is 0 Å². The number of piperidine rings is 1. The number of hydrogen-bond donors (Lipinski definition) is 0. The van der Waals surface area contributed by atoms with Crippen LogP contribution in [0.25, 0.3) is 0 Å². The van der Waals surface area contributed by atoms with Gasteiger partial charge in [0.05, 0.1) is 12.4 Å². The summed E-state index contributed by atoms with van der Waals surface area (Å²) in [7, 11) is 0. The zero-order chi connectivity index (χ0) is 14.5. The van der Waals surface area contributed by atoms with Crippen LogP contribution in [-0.2, 0) is 0 Å². The fraction of sp³-hybridized carbons (Fsp3) is 0.688. The van der Waals surface area contributed by atoms with Crippen LogP contribution in [0.5, 0.6) is 0 Å². The molecule has 0 saturated carbocycles. The average Bonchev–Trinajstić information content (AvgIpc) is 2.84. The van der Waals surface area contributed by atoms with Crippen molar-refractivity contribution in [3.63, 3.8) is 0 Å². The number of anilines is 1. The number of likely N-dealkylation sites (tertiary alicyclic amines) is 1. The van der Waals surface area contributed by atoms with E-state index in [1.807, 2.05) is 4.90 Å². The molecule has 2 fully saturated rings. The molecule has 5 heteroatoms. The minimum Gasteiger partial charge on any atom is -0.355 e. The molecule has 3 rings (SSSR count). The Hall–Kier alpha value is -1.65. The van der Waals surface area contributed by atoms with Gasteiger partial charge in [-0.1, -0.05) is 12.8 Å². The Morgan fingerprint density at radius 1 is 0.810 bits per heavy atom. The number of amides is 1. The van der Waals surface area contributed by atoms with Crippen LogP contribution in [0.2, 0.25) is 0 Å². The van der Waals surface area contributed by atoms with E-state index in [9.17, 15) is 4.79 Å². The fourth-order valence-corrected chi connectivity index (χ4v) is 3.15. The highest BCUT2D eigenvalue weighted by molar-refractivity contribution is 5.92. The van der Waals surface area contributed by atoms with E-state index in [0.29, 0.717) is 5.69 Å². The number of rotatable bonds is 2. The number of carbonyl (C=O) groups is 1. The molecule has 21 heavy (non-hydrogen) atoms. The fourth-order valence-electron chi connectivity index (χ4n) is 3.15. The van der Waals surface area contributed by atoms with Crippen molar-refractivity contribution >= 4 is 11.7 Å². The standard InChI is InChI=1S/C16H24N4O/c21-16(20-10-4-1-2-5-11-20)14-12-18-15(13-17-14)19-8-6-3-7-9-19/h12-13H,1-11H2. The maximum atomic E-state index is 12.4. The maximum Gasteiger partial charge on any atom is 0.274 e. The molecule has 0 unspecified atom stereocenters. The molecular weight excluding hydrogens is 264 g/mol. The van der Waals surface area contributed by atoms with Gasteiger partial charge in [0.1, 0.15) is 11.5 Å². The van der Waals surface area contributed by atoms with E-state index in [-0.39, 0.29) is 5.91 Å². The Kier molecular flexibility index (Phi) is 4.68. The van der Waals surface area contributed by atoms with Gasteiger partial charge in [-0.15, -0.1) is 0 Å². The largest absolute Gasteiger partial charge is 0.355 e. The molecule has 5 nitrogen and oxygen atoms in total. The highest BCUT2D eigenvalue weighted by Gasteiger charge is 2.19. The Labute approximate surface area is 126 Å². The maximum absolute atomic E-state index is 12.4. The molecule has 0 radical (unpaired) electrons. The minimum atomic E-state index is 0.0367. The summed E-state index contributed by atoms with van der Waals surface area (Å²) in [6.45, 7) is 3.81. The summed E-state index contributed by atoms with van der Waals surface area (Å²) in [5.41, 5.74) is 0.484. The lowest BCUT2D eigenvalue weighted by Crippen LogP contribution is -2.33. The molecule has 0 spiro atoms. The first-order chi connectivity index (χ1) is 10.3. The first-order valence-electron chi connectivity index (χ1n) is 8.21. The molecular formula is C16H24N4O. The van der Waals surface area contributed by atoms with Gasteiger partial charge in [-0.25, -0.2) is 9.97 Å². The molecule has 0 N–H and O–H groups in total. The molecule has 1 amide bonds. The summed E-state index contributed by atoms with van der Waals surface area (Å²) in [6, 6.07) is 0. The van der Waals surface area contributed by atoms with Crippen molar-refractivity contribution in [2.75, 3.05) is 31.1 Å². The van der Waals surface area contributed by atoms with Crippen LogP contribution in [0.1, 0.15) is 55.4 Å². The molecule has 0 aromatic carbocycles. The first kappa shape index (κ1) is 14.3. The van der Waals surface area contributed by atoms with Crippen molar-refractivity contribution in [2.24, 2.45) is 0 Å². The van der Waals surface area contributed by atoms with E-state index in [4.69, 9.17) is 0 Å². The molecule has 1 aromatic heterocycles. The summed E-state index contributed by atoms with van der Waals surface area (Å²) in [4.78, 5) is 25.5. The summed E-state index contributed by atoms with van der Waals surface area (Å²) in [5, 5.41) is 0. The molecule has 1 aromatic rings. The predicted octanol–water partition coefficient (Wildman–Crippen LogP) is 2.48. The van der Waals surface area contributed by atoms with Crippen LogP contribution in [0.15, 0.2) is 12.4 Å². The highest BCUT2D eigenvalue weighted by atomic mass is 16.2. The van der Waals surface area contributed by atoms with Crippen LogP contribution in [-0.4, -0.2) is 47.0 Å². The van der Waals surface area contributed by atoms with E-state index in [1.165, 1.54) is 32.1 Å². The molecule has 0 atom stereocenters. The molecule has 2 aliphatic rings. The smallest absolute Gasteiger partial charge is 0.274 e. The molecule has 2 aliphatic heterocycles. The lowest BCUT2D eigenvalue weighted by atomic mass is 10.1. The van der Waals surface area contributed by atoms with E-state index in [1.54, 1.807) is 12.4 Å². The quantitative estimate of drug-likeness (QED) is 0.839. The second-order valence-electron chi connectivity index (χ2n) is 6.01. The molecule has 2 saturated heterocycles. The van der Waals surface area contributed by atoms with Crippen molar-refractivity contribution in [2.45, 2.75) is 44.9 Å². The predicted molar refractivity (Wildman–Crippen MR) is 82.5 cm³/mol. The Morgan fingerprint density at radius 2 is 1.43 bits per heavy atom. The Balaban J connectivity index is 1.66. The summed E-state index contributed by atoms with van der Waals surface area (Å²) in [6.07, 6.45) is 11.8. The number of hydrogen-bond acceptors (Lipinski definition) is 4. The van der Waals surface area contributed by atoms with E-state index in [0.717, 1.165) is 44.8 Å². The third-order valence-corrected chi connectivity index (χ3v) is 4.43. The number of nitrogens with zero attached hydrogens (tertiary/aromatic N) is 4. The van der Waals surface area contributed by atoms with Crippen molar-refractivity contribution < 1.29 is 4.79 Å². The molecule has 114 valence electrons. The lowest BCUT2D eigenvalue weighted by molar-refractivity contribution is 0.0755. The van der Waals surface area contributed by atoms with E-state index < -0.39 is 0 Å². The summed E-state index contributed by atoms with van der Waals surface area (Å²) in [5.74, 6) is 0.941.